The van der Waals surface area contributed by atoms with Crippen LogP contribution < -0.4 is 4.74 Å². The van der Waals surface area contributed by atoms with Gasteiger partial charge in [-0.15, -0.1) is 11.6 Å². The van der Waals surface area contributed by atoms with E-state index in [0.717, 1.165) is 31.6 Å². The van der Waals surface area contributed by atoms with Crippen molar-refractivity contribution in [3.05, 3.63) is 35.4 Å². The lowest BCUT2D eigenvalue weighted by Crippen LogP contribution is -1.92. The molecule has 0 amide bonds. The highest BCUT2D eigenvalue weighted by Gasteiger charge is 2.15. The number of fused-ring (bicyclic) bond motifs is 1. The Morgan fingerprint density at radius 3 is 3.06 bits per heavy atom. The van der Waals surface area contributed by atoms with E-state index in [4.69, 9.17) is 16.3 Å². The highest BCUT2D eigenvalue weighted by atomic mass is 35.5. The second kappa shape index (κ2) is 4.73. The van der Waals surface area contributed by atoms with Crippen molar-refractivity contribution in [3.8, 4) is 5.75 Å². The van der Waals surface area contributed by atoms with Crippen LogP contribution in [0.2, 0.25) is 0 Å². The molecule has 0 fully saturated rings. The molecule has 1 aliphatic carbocycles. The van der Waals surface area contributed by atoms with Crippen molar-refractivity contribution >= 4 is 17.2 Å². The molecule has 0 saturated carbocycles. The fourth-order valence-electron chi connectivity index (χ4n) is 2.67. The van der Waals surface area contributed by atoms with E-state index >= 15 is 0 Å². The second-order valence-corrected chi connectivity index (χ2v) is 5.44. The van der Waals surface area contributed by atoms with Crippen LogP contribution in [0.3, 0.4) is 0 Å². The van der Waals surface area contributed by atoms with Crippen molar-refractivity contribution < 1.29 is 4.74 Å². The molecule has 1 atom stereocenters. The maximum absolute atomic E-state index is 6.28. The van der Waals surface area contributed by atoms with Gasteiger partial charge >= 0.3 is 0 Å². The number of allylic oxidation sites excluding steroid dienone is 2. The normalized spacial score (nSPS) is 23.6. The Morgan fingerprint density at radius 1 is 1.18 bits per heavy atom. The summed E-state index contributed by atoms with van der Waals surface area (Å²) in [5.74, 6) is 1.06. The first-order chi connectivity index (χ1) is 8.33. The molecule has 1 aliphatic heterocycles. The SMILES string of the molecule is ClC1C=C(c2ccc3c(c2)CCO3)CCCC1. The van der Waals surface area contributed by atoms with Gasteiger partial charge in [0.15, 0.2) is 0 Å². The zero-order valence-electron chi connectivity index (χ0n) is 9.92. The summed E-state index contributed by atoms with van der Waals surface area (Å²) in [7, 11) is 0. The number of hydrogen-bond acceptors (Lipinski definition) is 1. The Bertz CT molecular complexity index is 450. The average molecular weight is 249 g/mol. The Labute approximate surface area is 107 Å². The molecule has 0 saturated heterocycles. The van der Waals surface area contributed by atoms with E-state index in [0.29, 0.717) is 0 Å². The molecule has 1 aromatic rings. The summed E-state index contributed by atoms with van der Waals surface area (Å²) in [4.78, 5) is 0. The summed E-state index contributed by atoms with van der Waals surface area (Å²) >= 11 is 6.28. The first-order valence-corrected chi connectivity index (χ1v) is 6.87. The average Bonchev–Trinajstić information content (AvgIpc) is 2.69. The first kappa shape index (κ1) is 11.2. The van der Waals surface area contributed by atoms with E-state index in [9.17, 15) is 0 Å². The summed E-state index contributed by atoms with van der Waals surface area (Å²) in [6, 6.07) is 6.56. The predicted molar refractivity (Wildman–Crippen MR) is 71.7 cm³/mol. The molecular formula is C15H17ClO. The van der Waals surface area contributed by atoms with Crippen LogP contribution in [0.4, 0.5) is 0 Å². The van der Waals surface area contributed by atoms with Crippen LogP contribution in [-0.2, 0) is 6.42 Å². The number of rotatable bonds is 1. The Morgan fingerprint density at radius 2 is 2.12 bits per heavy atom. The van der Waals surface area contributed by atoms with E-state index in [2.05, 4.69) is 24.3 Å². The van der Waals surface area contributed by atoms with Crippen LogP contribution in [0, 0.1) is 0 Å². The Hall–Kier alpha value is -0.950. The van der Waals surface area contributed by atoms with Gasteiger partial charge in [-0.2, -0.15) is 0 Å². The molecule has 3 rings (SSSR count). The summed E-state index contributed by atoms with van der Waals surface area (Å²) < 4.78 is 5.54. The van der Waals surface area contributed by atoms with Crippen molar-refractivity contribution in [1.82, 2.24) is 0 Å². The van der Waals surface area contributed by atoms with Crippen molar-refractivity contribution in [3.63, 3.8) is 0 Å². The van der Waals surface area contributed by atoms with Crippen molar-refractivity contribution in [2.45, 2.75) is 37.5 Å². The molecule has 2 aliphatic rings. The van der Waals surface area contributed by atoms with Gasteiger partial charge in [0.2, 0.25) is 0 Å². The van der Waals surface area contributed by atoms with Crippen LogP contribution in [0.5, 0.6) is 5.75 Å². The highest BCUT2D eigenvalue weighted by molar-refractivity contribution is 6.22. The zero-order valence-corrected chi connectivity index (χ0v) is 10.7. The van der Waals surface area contributed by atoms with E-state index in [-0.39, 0.29) is 5.38 Å². The van der Waals surface area contributed by atoms with Crippen LogP contribution in [-0.4, -0.2) is 12.0 Å². The second-order valence-electron chi connectivity index (χ2n) is 4.87. The van der Waals surface area contributed by atoms with E-state index in [1.807, 2.05) is 0 Å². The van der Waals surface area contributed by atoms with Gasteiger partial charge in [0.25, 0.3) is 0 Å². The lowest BCUT2D eigenvalue weighted by Gasteiger charge is -2.08. The lowest BCUT2D eigenvalue weighted by atomic mass is 9.98. The van der Waals surface area contributed by atoms with Gasteiger partial charge in [0, 0.05) is 6.42 Å². The molecule has 0 radical (unpaired) electrons. The zero-order chi connectivity index (χ0) is 11.7. The number of alkyl halides is 1. The fourth-order valence-corrected chi connectivity index (χ4v) is 2.97. The van der Waals surface area contributed by atoms with Crippen LogP contribution >= 0.6 is 11.6 Å². The van der Waals surface area contributed by atoms with E-state index < -0.39 is 0 Å². The molecule has 1 unspecified atom stereocenters. The summed E-state index contributed by atoms with van der Waals surface area (Å²) in [6.07, 6.45) is 8.04. The Kier molecular flexibility index (Phi) is 3.11. The molecule has 1 heterocycles. The summed E-state index contributed by atoms with van der Waals surface area (Å²) in [6.45, 7) is 0.829. The van der Waals surface area contributed by atoms with Gasteiger partial charge < -0.3 is 4.74 Å². The third-order valence-electron chi connectivity index (χ3n) is 3.62. The van der Waals surface area contributed by atoms with Gasteiger partial charge in [-0.3, -0.25) is 0 Å². The Balaban J connectivity index is 1.92. The molecule has 0 spiro atoms. The molecule has 0 bridgehead atoms. The maximum atomic E-state index is 6.28. The van der Waals surface area contributed by atoms with Crippen molar-refractivity contribution in [1.29, 1.82) is 0 Å². The summed E-state index contributed by atoms with van der Waals surface area (Å²) in [5, 5.41) is 0.206. The van der Waals surface area contributed by atoms with Gasteiger partial charge in [0.1, 0.15) is 5.75 Å². The maximum Gasteiger partial charge on any atom is 0.122 e. The molecule has 17 heavy (non-hydrogen) atoms. The van der Waals surface area contributed by atoms with Gasteiger partial charge in [-0.25, -0.2) is 0 Å². The van der Waals surface area contributed by atoms with Crippen LogP contribution in [0.1, 0.15) is 36.8 Å². The minimum absolute atomic E-state index is 0.206. The van der Waals surface area contributed by atoms with Gasteiger partial charge in [-0.1, -0.05) is 18.6 Å². The van der Waals surface area contributed by atoms with Gasteiger partial charge in [0.05, 0.1) is 12.0 Å². The molecule has 90 valence electrons. The molecule has 1 aromatic carbocycles. The van der Waals surface area contributed by atoms with Crippen LogP contribution in [0.25, 0.3) is 5.57 Å². The smallest absolute Gasteiger partial charge is 0.122 e. The van der Waals surface area contributed by atoms with Crippen molar-refractivity contribution in [2.24, 2.45) is 0 Å². The topological polar surface area (TPSA) is 9.23 Å². The third kappa shape index (κ3) is 2.35. The molecule has 1 nitrogen and oxygen atoms in total. The number of halogens is 1. The fraction of sp³-hybridized carbons (Fsp3) is 0.467. The van der Waals surface area contributed by atoms with E-state index in [1.54, 1.807) is 0 Å². The minimum Gasteiger partial charge on any atom is -0.493 e. The van der Waals surface area contributed by atoms with Crippen molar-refractivity contribution in [2.75, 3.05) is 6.61 Å². The summed E-state index contributed by atoms with van der Waals surface area (Å²) in [5.41, 5.74) is 4.10. The molecular weight excluding hydrogens is 232 g/mol. The van der Waals surface area contributed by atoms with Gasteiger partial charge in [-0.05, 0) is 48.1 Å². The number of benzene rings is 1. The number of hydrogen-bond donors (Lipinski definition) is 0. The number of ether oxygens (including phenoxy) is 1. The molecule has 0 aromatic heterocycles. The lowest BCUT2D eigenvalue weighted by molar-refractivity contribution is 0.357. The quantitative estimate of drug-likeness (QED) is 0.678. The first-order valence-electron chi connectivity index (χ1n) is 6.44. The molecule has 0 N–H and O–H groups in total. The standard InChI is InChI=1S/C15H17ClO/c16-14-4-2-1-3-11(10-14)12-5-6-15-13(9-12)7-8-17-15/h5-6,9-10,14H,1-4,7-8H2. The highest BCUT2D eigenvalue weighted by Crippen LogP contribution is 2.32. The van der Waals surface area contributed by atoms with Crippen LogP contribution in [0.15, 0.2) is 24.3 Å². The van der Waals surface area contributed by atoms with E-state index in [1.165, 1.54) is 29.5 Å². The third-order valence-corrected chi connectivity index (χ3v) is 3.96. The molecule has 2 heteroatoms. The monoisotopic (exact) mass is 248 g/mol. The minimum atomic E-state index is 0.206. The largest absolute Gasteiger partial charge is 0.493 e. The predicted octanol–water partition coefficient (Wildman–Crippen LogP) is 4.19.